The number of benzene rings is 2. The lowest BCUT2D eigenvalue weighted by molar-refractivity contribution is 0.510. The van der Waals surface area contributed by atoms with Gasteiger partial charge in [0.2, 0.25) is 0 Å². The van der Waals surface area contributed by atoms with Crippen LogP contribution in [0.3, 0.4) is 0 Å². The molecule has 1 atom stereocenters. The smallest absolute Gasteiger partial charge is 0.129 e. The van der Waals surface area contributed by atoms with Gasteiger partial charge in [0.1, 0.15) is 5.82 Å². The molecule has 5 heteroatoms. The summed E-state index contributed by atoms with van der Waals surface area (Å²) in [5, 5.41) is 4.89. The lowest BCUT2D eigenvalue weighted by atomic mass is 9.98. The van der Waals surface area contributed by atoms with E-state index in [0.29, 0.717) is 33.6 Å². The Morgan fingerprint density at radius 2 is 1.71 bits per heavy atom. The highest BCUT2D eigenvalue weighted by Gasteiger charge is 2.17. The van der Waals surface area contributed by atoms with Crippen LogP contribution in [0.25, 0.3) is 0 Å². The van der Waals surface area contributed by atoms with E-state index in [9.17, 15) is 4.39 Å². The molecule has 112 valence electrons. The van der Waals surface area contributed by atoms with Gasteiger partial charge in [0, 0.05) is 26.7 Å². The molecule has 0 radical (unpaired) electrons. The summed E-state index contributed by atoms with van der Waals surface area (Å²) in [5.74, 6) is -0.327. The molecule has 0 heterocycles. The maximum atomic E-state index is 14.1. The Kier molecular flexibility index (Phi) is 5.88. The van der Waals surface area contributed by atoms with Gasteiger partial charge in [0.15, 0.2) is 0 Å². The van der Waals surface area contributed by atoms with E-state index in [-0.39, 0.29) is 11.9 Å². The molecular formula is C16H15Cl3FN. The molecule has 0 spiro atoms. The minimum Gasteiger partial charge on any atom is -0.310 e. The average molecular weight is 347 g/mol. The maximum absolute atomic E-state index is 14.1. The van der Waals surface area contributed by atoms with E-state index in [1.165, 1.54) is 6.07 Å². The number of nitrogens with one attached hydrogen (secondary N) is 1. The highest BCUT2D eigenvalue weighted by molar-refractivity contribution is 6.33. The van der Waals surface area contributed by atoms with E-state index >= 15 is 0 Å². The van der Waals surface area contributed by atoms with Crippen molar-refractivity contribution in [3.63, 3.8) is 0 Å². The van der Waals surface area contributed by atoms with Crippen molar-refractivity contribution in [2.45, 2.75) is 19.4 Å². The van der Waals surface area contributed by atoms with Crippen LogP contribution in [0.1, 0.15) is 24.1 Å². The van der Waals surface area contributed by atoms with Gasteiger partial charge in [0.05, 0.1) is 0 Å². The summed E-state index contributed by atoms with van der Waals surface area (Å²) < 4.78 is 14.1. The van der Waals surface area contributed by atoms with Crippen molar-refractivity contribution in [2.75, 3.05) is 6.54 Å². The summed E-state index contributed by atoms with van der Waals surface area (Å²) in [6.45, 7) is 2.69. The third kappa shape index (κ3) is 4.33. The Bertz CT molecular complexity index is 631. The summed E-state index contributed by atoms with van der Waals surface area (Å²) >= 11 is 18.0. The molecule has 0 aliphatic rings. The zero-order chi connectivity index (χ0) is 15.4. The van der Waals surface area contributed by atoms with Gasteiger partial charge in [-0.15, -0.1) is 0 Å². The van der Waals surface area contributed by atoms with Crippen LogP contribution in [0.5, 0.6) is 0 Å². The van der Waals surface area contributed by atoms with E-state index < -0.39 is 0 Å². The topological polar surface area (TPSA) is 12.0 Å². The molecule has 2 aromatic rings. The Hall–Kier alpha value is -0.800. The van der Waals surface area contributed by atoms with Gasteiger partial charge in [-0.1, -0.05) is 47.8 Å². The van der Waals surface area contributed by atoms with Crippen LogP contribution in [-0.2, 0) is 6.42 Å². The Labute approximate surface area is 139 Å². The fourth-order valence-corrected chi connectivity index (χ4v) is 2.79. The van der Waals surface area contributed by atoms with Crippen molar-refractivity contribution >= 4 is 34.8 Å². The normalized spacial score (nSPS) is 12.4. The molecule has 1 N–H and O–H groups in total. The first-order valence-corrected chi connectivity index (χ1v) is 7.77. The van der Waals surface area contributed by atoms with Crippen LogP contribution in [0, 0.1) is 5.82 Å². The second-order valence-corrected chi connectivity index (χ2v) is 6.00. The number of hydrogen-bond acceptors (Lipinski definition) is 1. The minimum atomic E-state index is -0.327. The fourth-order valence-electron chi connectivity index (χ4n) is 2.24. The summed E-state index contributed by atoms with van der Waals surface area (Å²) in [6.07, 6.45) is 0.547. The first-order chi connectivity index (χ1) is 10.0. The lowest BCUT2D eigenvalue weighted by Gasteiger charge is -2.20. The van der Waals surface area contributed by atoms with Gasteiger partial charge in [-0.05, 0) is 48.9 Å². The van der Waals surface area contributed by atoms with Crippen LogP contribution in [0.15, 0.2) is 36.4 Å². The van der Waals surface area contributed by atoms with Gasteiger partial charge in [-0.25, -0.2) is 4.39 Å². The predicted octanol–water partition coefficient (Wildman–Crippen LogP) is 5.68. The Balaban J connectivity index is 2.32. The molecule has 1 unspecified atom stereocenters. The lowest BCUT2D eigenvalue weighted by Crippen LogP contribution is -2.24. The van der Waals surface area contributed by atoms with Crippen molar-refractivity contribution in [3.8, 4) is 0 Å². The van der Waals surface area contributed by atoms with Crippen molar-refractivity contribution in [3.05, 3.63) is 68.4 Å². The highest BCUT2D eigenvalue weighted by Crippen LogP contribution is 2.28. The second kappa shape index (κ2) is 7.46. The average Bonchev–Trinajstić information content (AvgIpc) is 2.42. The predicted molar refractivity (Wildman–Crippen MR) is 88.0 cm³/mol. The van der Waals surface area contributed by atoms with E-state index in [2.05, 4.69) is 5.32 Å². The number of rotatable bonds is 5. The second-order valence-electron chi connectivity index (χ2n) is 4.72. The molecule has 2 rings (SSSR count). The van der Waals surface area contributed by atoms with E-state index in [4.69, 9.17) is 34.8 Å². The molecule has 0 fully saturated rings. The van der Waals surface area contributed by atoms with Gasteiger partial charge in [-0.2, -0.15) is 0 Å². The van der Waals surface area contributed by atoms with Gasteiger partial charge in [-0.3, -0.25) is 0 Å². The first kappa shape index (κ1) is 16.6. The molecule has 0 amide bonds. The van der Waals surface area contributed by atoms with Crippen molar-refractivity contribution < 1.29 is 4.39 Å². The Morgan fingerprint density at radius 3 is 2.38 bits per heavy atom. The first-order valence-electron chi connectivity index (χ1n) is 6.63. The molecule has 0 aromatic heterocycles. The van der Waals surface area contributed by atoms with Crippen LogP contribution in [0.4, 0.5) is 4.39 Å². The van der Waals surface area contributed by atoms with Crippen LogP contribution >= 0.6 is 34.8 Å². The molecule has 0 bridgehead atoms. The molecule has 0 aliphatic carbocycles. The highest BCUT2D eigenvalue weighted by atomic mass is 35.5. The van der Waals surface area contributed by atoms with E-state index in [1.54, 1.807) is 24.3 Å². The zero-order valence-electron chi connectivity index (χ0n) is 11.5. The summed E-state index contributed by atoms with van der Waals surface area (Å²) in [7, 11) is 0. The third-order valence-corrected chi connectivity index (χ3v) is 4.06. The van der Waals surface area contributed by atoms with E-state index in [0.717, 1.165) is 5.56 Å². The van der Waals surface area contributed by atoms with Crippen molar-refractivity contribution in [1.82, 2.24) is 5.32 Å². The van der Waals surface area contributed by atoms with Crippen LogP contribution in [0.2, 0.25) is 15.1 Å². The Morgan fingerprint density at radius 1 is 1.05 bits per heavy atom. The molecule has 0 saturated carbocycles. The maximum Gasteiger partial charge on any atom is 0.129 e. The fraction of sp³-hybridized carbons (Fsp3) is 0.250. The van der Waals surface area contributed by atoms with Gasteiger partial charge < -0.3 is 5.32 Å². The minimum absolute atomic E-state index is 0.191. The number of halogens is 4. The van der Waals surface area contributed by atoms with Crippen molar-refractivity contribution in [2.24, 2.45) is 0 Å². The van der Waals surface area contributed by atoms with Gasteiger partial charge >= 0.3 is 0 Å². The van der Waals surface area contributed by atoms with Crippen LogP contribution < -0.4 is 5.32 Å². The number of hydrogen-bond donors (Lipinski definition) is 1. The molecular weight excluding hydrogens is 332 g/mol. The standard InChI is InChI=1S/C16H15Cl3FN/c1-2-21-16(13-5-3-12(18)9-15(13)20)8-10-7-11(17)4-6-14(10)19/h3-7,9,16,21H,2,8H2,1H3. The monoisotopic (exact) mass is 345 g/mol. The summed E-state index contributed by atoms with van der Waals surface area (Å²) in [4.78, 5) is 0. The molecule has 2 aromatic carbocycles. The largest absolute Gasteiger partial charge is 0.310 e. The molecule has 0 saturated heterocycles. The summed E-state index contributed by atoms with van der Waals surface area (Å²) in [6, 6.07) is 9.80. The van der Waals surface area contributed by atoms with Crippen molar-refractivity contribution in [1.29, 1.82) is 0 Å². The quantitative estimate of drug-likeness (QED) is 0.734. The molecule has 0 aliphatic heterocycles. The zero-order valence-corrected chi connectivity index (χ0v) is 13.7. The molecule has 1 nitrogen and oxygen atoms in total. The summed E-state index contributed by atoms with van der Waals surface area (Å²) in [5.41, 5.74) is 1.45. The molecule has 21 heavy (non-hydrogen) atoms. The number of likely N-dealkylation sites (N-methyl/N-ethyl adjacent to an activating group) is 1. The van der Waals surface area contributed by atoms with Crippen LogP contribution in [-0.4, -0.2) is 6.54 Å². The van der Waals surface area contributed by atoms with E-state index in [1.807, 2.05) is 13.0 Å². The third-order valence-electron chi connectivity index (χ3n) is 3.22. The SMILES string of the molecule is CCNC(Cc1cc(Cl)ccc1Cl)c1ccc(Cl)cc1F. The van der Waals surface area contributed by atoms with Gasteiger partial charge in [0.25, 0.3) is 0 Å².